The minimum atomic E-state index is -0.00289. The van der Waals surface area contributed by atoms with Crippen LogP contribution in [-0.4, -0.2) is 16.9 Å². The van der Waals surface area contributed by atoms with E-state index in [-0.39, 0.29) is 11.9 Å². The maximum absolute atomic E-state index is 11.6. The molecule has 2 aromatic rings. The molecule has 1 aromatic carbocycles. The van der Waals surface area contributed by atoms with Gasteiger partial charge >= 0.3 is 0 Å². The first-order chi connectivity index (χ1) is 8.15. The molecule has 1 aromatic heterocycles. The van der Waals surface area contributed by atoms with E-state index in [1.165, 1.54) is 0 Å². The van der Waals surface area contributed by atoms with Crippen molar-refractivity contribution >= 4 is 33.1 Å². The maximum Gasteiger partial charge on any atom is 0.224 e. The number of thiazole rings is 1. The molecule has 0 aliphatic carbocycles. The van der Waals surface area contributed by atoms with Gasteiger partial charge in [-0.25, -0.2) is 4.98 Å². The van der Waals surface area contributed by atoms with Crippen molar-refractivity contribution in [2.45, 2.75) is 25.8 Å². The zero-order valence-corrected chi connectivity index (χ0v) is 10.5. The standard InChI is InChI=1S/C12H15N3OS/c1-8(13)2-5-12(16)15-9-3-4-11-10(6-9)14-7-17-11/h3-4,6-8H,2,5,13H2,1H3,(H,15,16). The number of anilines is 1. The number of fused-ring (bicyclic) bond motifs is 1. The SMILES string of the molecule is CC(N)CCC(=O)Nc1ccc2scnc2c1. The Kier molecular flexibility index (Phi) is 3.71. The first kappa shape index (κ1) is 12.0. The maximum atomic E-state index is 11.6. The predicted molar refractivity (Wildman–Crippen MR) is 71.1 cm³/mol. The highest BCUT2D eigenvalue weighted by atomic mass is 32.1. The van der Waals surface area contributed by atoms with E-state index in [4.69, 9.17) is 5.73 Å². The molecular formula is C12H15N3OS. The summed E-state index contributed by atoms with van der Waals surface area (Å²) in [5, 5.41) is 2.85. The van der Waals surface area contributed by atoms with E-state index < -0.39 is 0 Å². The van der Waals surface area contributed by atoms with Gasteiger partial charge < -0.3 is 11.1 Å². The topological polar surface area (TPSA) is 68.0 Å². The largest absolute Gasteiger partial charge is 0.328 e. The molecule has 1 atom stereocenters. The second kappa shape index (κ2) is 5.25. The molecule has 4 nitrogen and oxygen atoms in total. The van der Waals surface area contributed by atoms with E-state index in [2.05, 4.69) is 10.3 Å². The number of hydrogen-bond donors (Lipinski definition) is 2. The van der Waals surface area contributed by atoms with Crippen LogP contribution < -0.4 is 11.1 Å². The van der Waals surface area contributed by atoms with Crippen molar-refractivity contribution in [2.75, 3.05) is 5.32 Å². The van der Waals surface area contributed by atoms with Gasteiger partial charge in [-0.15, -0.1) is 11.3 Å². The first-order valence-corrected chi connectivity index (χ1v) is 6.42. The van der Waals surface area contributed by atoms with Crippen LogP contribution in [0.25, 0.3) is 10.2 Å². The van der Waals surface area contributed by atoms with Gasteiger partial charge in [0, 0.05) is 18.2 Å². The monoisotopic (exact) mass is 249 g/mol. The zero-order chi connectivity index (χ0) is 12.3. The Bertz CT molecular complexity index is 521. The third kappa shape index (κ3) is 3.25. The summed E-state index contributed by atoms with van der Waals surface area (Å²) < 4.78 is 1.12. The third-order valence-electron chi connectivity index (χ3n) is 2.44. The van der Waals surface area contributed by atoms with Crippen molar-refractivity contribution in [3.8, 4) is 0 Å². The molecule has 5 heteroatoms. The summed E-state index contributed by atoms with van der Waals surface area (Å²) in [5.74, 6) is -0.00289. The molecule has 0 spiro atoms. The number of amides is 1. The van der Waals surface area contributed by atoms with Gasteiger partial charge in [0.05, 0.1) is 15.7 Å². The Morgan fingerprint density at radius 3 is 3.18 bits per heavy atom. The van der Waals surface area contributed by atoms with Crippen LogP contribution in [0.3, 0.4) is 0 Å². The smallest absolute Gasteiger partial charge is 0.224 e. The number of carbonyl (C=O) groups excluding carboxylic acids is 1. The summed E-state index contributed by atoms with van der Waals surface area (Å²) in [7, 11) is 0. The van der Waals surface area contributed by atoms with Crippen LogP contribution >= 0.6 is 11.3 Å². The molecular weight excluding hydrogens is 234 g/mol. The first-order valence-electron chi connectivity index (χ1n) is 5.54. The summed E-state index contributed by atoms with van der Waals surface area (Å²) in [6.45, 7) is 1.90. The number of benzene rings is 1. The number of carbonyl (C=O) groups is 1. The molecule has 0 bridgehead atoms. The average Bonchev–Trinajstić information content (AvgIpc) is 2.73. The Morgan fingerprint density at radius 1 is 1.59 bits per heavy atom. The molecule has 0 fully saturated rings. The van der Waals surface area contributed by atoms with E-state index >= 15 is 0 Å². The van der Waals surface area contributed by atoms with Crippen LogP contribution in [0.2, 0.25) is 0 Å². The summed E-state index contributed by atoms with van der Waals surface area (Å²) in [6, 6.07) is 5.80. The third-order valence-corrected chi connectivity index (χ3v) is 3.25. The fraction of sp³-hybridized carbons (Fsp3) is 0.333. The minimum Gasteiger partial charge on any atom is -0.328 e. The Labute approximate surface area is 104 Å². The highest BCUT2D eigenvalue weighted by Gasteiger charge is 2.05. The number of nitrogens with zero attached hydrogens (tertiary/aromatic N) is 1. The highest BCUT2D eigenvalue weighted by molar-refractivity contribution is 7.16. The number of nitrogens with two attached hydrogens (primary N) is 1. The van der Waals surface area contributed by atoms with Gasteiger partial charge in [-0.1, -0.05) is 0 Å². The zero-order valence-electron chi connectivity index (χ0n) is 9.64. The van der Waals surface area contributed by atoms with Gasteiger partial charge in [0.1, 0.15) is 0 Å². The lowest BCUT2D eigenvalue weighted by molar-refractivity contribution is -0.116. The second-order valence-electron chi connectivity index (χ2n) is 4.10. The van der Waals surface area contributed by atoms with E-state index in [0.29, 0.717) is 12.8 Å². The van der Waals surface area contributed by atoms with Gasteiger partial charge in [0.2, 0.25) is 5.91 Å². The number of rotatable bonds is 4. The van der Waals surface area contributed by atoms with Crippen molar-refractivity contribution in [3.63, 3.8) is 0 Å². The minimum absolute atomic E-state index is 0.00289. The van der Waals surface area contributed by atoms with Crippen LogP contribution in [-0.2, 0) is 4.79 Å². The predicted octanol–water partition coefficient (Wildman–Crippen LogP) is 2.36. The van der Waals surface area contributed by atoms with Crippen LogP contribution in [0.4, 0.5) is 5.69 Å². The summed E-state index contributed by atoms with van der Waals surface area (Å²) in [4.78, 5) is 15.8. The van der Waals surface area contributed by atoms with Crippen molar-refractivity contribution in [3.05, 3.63) is 23.7 Å². The quantitative estimate of drug-likeness (QED) is 0.874. The van der Waals surface area contributed by atoms with Crippen LogP contribution in [0.5, 0.6) is 0 Å². The molecule has 1 amide bonds. The molecule has 0 aliphatic heterocycles. The van der Waals surface area contributed by atoms with Crippen LogP contribution in [0, 0.1) is 0 Å². The van der Waals surface area contributed by atoms with Gasteiger partial charge in [-0.05, 0) is 31.5 Å². The Balaban J connectivity index is 2.00. The lowest BCUT2D eigenvalue weighted by Gasteiger charge is -2.06. The normalized spacial score (nSPS) is 12.6. The highest BCUT2D eigenvalue weighted by Crippen LogP contribution is 2.21. The molecule has 0 aliphatic rings. The van der Waals surface area contributed by atoms with E-state index in [9.17, 15) is 4.79 Å². The lowest BCUT2D eigenvalue weighted by atomic mass is 10.2. The molecule has 2 rings (SSSR count). The molecule has 0 radical (unpaired) electrons. The molecule has 3 N–H and O–H groups in total. The summed E-state index contributed by atoms with van der Waals surface area (Å²) in [5.41, 5.74) is 9.11. The van der Waals surface area contributed by atoms with E-state index in [1.807, 2.05) is 25.1 Å². The van der Waals surface area contributed by atoms with Crippen molar-refractivity contribution in [1.29, 1.82) is 0 Å². The molecule has 1 unspecified atom stereocenters. The number of aromatic nitrogens is 1. The molecule has 0 saturated carbocycles. The summed E-state index contributed by atoms with van der Waals surface area (Å²) in [6.07, 6.45) is 1.15. The van der Waals surface area contributed by atoms with Gasteiger partial charge in [-0.3, -0.25) is 4.79 Å². The molecule has 1 heterocycles. The molecule has 0 saturated heterocycles. The fourth-order valence-electron chi connectivity index (χ4n) is 1.52. The van der Waals surface area contributed by atoms with Crippen LogP contribution in [0.15, 0.2) is 23.7 Å². The summed E-state index contributed by atoms with van der Waals surface area (Å²) >= 11 is 1.59. The molecule has 17 heavy (non-hydrogen) atoms. The lowest BCUT2D eigenvalue weighted by Crippen LogP contribution is -2.19. The van der Waals surface area contributed by atoms with Crippen molar-refractivity contribution in [2.24, 2.45) is 5.73 Å². The Morgan fingerprint density at radius 2 is 2.41 bits per heavy atom. The number of hydrogen-bond acceptors (Lipinski definition) is 4. The van der Waals surface area contributed by atoms with Gasteiger partial charge in [0.15, 0.2) is 0 Å². The number of nitrogens with one attached hydrogen (secondary N) is 1. The van der Waals surface area contributed by atoms with E-state index in [0.717, 1.165) is 15.9 Å². The van der Waals surface area contributed by atoms with Gasteiger partial charge in [0.25, 0.3) is 0 Å². The fourth-order valence-corrected chi connectivity index (χ4v) is 2.18. The van der Waals surface area contributed by atoms with Crippen LogP contribution in [0.1, 0.15) is 19.8 Å². The van der Waals surface area contributed by atoms with Gasteiger partial charge in [-0.2, -0.15) is 0 Å². The van der Waals surface area contributed by atoms with Crippen molar-refractivity contribution < 1.29 is 4.79 Å². The molecule has 90 valence electrons. The van der Waals surface area contributed by atoms with E-state index in [1.54, 1.807) is 16.8 Å². The van der Waals surface area contributed by atoms with Crippen molar-refractivity contribution in [1.82, 2.24) is 4.98 Å². The Hall–Kier alpha value is -1.46. The average molecular weight is 249 g/mol. The second-order valence-corrected chi connectivity index (χ2v) is 4.99.